The van der Waals surface area contributed by atoms with Crippen molar-refractivity contribution in [2.24, 2.45) is 0 Å². The number of hydrogen-bond donors (Lipinski definition) is 0. The number of fused-ring (bicyclic) bond motifs is 1. The maximum atomic E-state index is 13.0. The molecule has 3 aromatic rings. The van der Waals surface area contributed by atoms with Crippen LogP contribution in [0, 0.1) is 5.82 Å². The molecule has 0 radical (unpaired) electrons. The monoisotopic (exact) mass is 297 g/mol. The highest BCUT2D eigenvalue weighted by molar-refractivity contribution is 5.77. The van der Waals surface area contributed by atoms with E-state index in [4.69, 9.17) is 4.74 Å². The van der Waals surface area contributed by atoms with Crippen molar-refractivity contribution >= 4 is 11.0 Å². The van der Waals surface area contributed by atoms with Crippen LogP contribution in [0.25, 0.3) is 22.3 Å². The van der Waals surface area contributed by atoms with Crippen molar-refractivity contribution in [3.63, 3.8) is 0 Å². The van der Waals surface area contributed by atoms with Gasteiger partial charge in [0, 0.05) is 5.56 Å². The molecule has 0 N–H and O–H groups in total. The molecule has 0 saturated heterocycles. The topological polar surface area (TPSA) is 47.9 Å². The Kier molecular flexibility index (Phi) is 4.23. The summed E-state index contributed by atoms with van der Waals surface area (Å²) in [5.41, 5.74) is 3.03. The maximum absolute atomic E-state index is 13.0. The molecule has 0 atom stereocenters. The van der Waals surface area contributed by atoms with Crippen molar-refractivity contribution in [1.82, 2.24) is 15.0 Å². The predicted octanol–water partition coefficient (Wildman–Crippen LogP) is 4.01. The number of benzene rings is 1. The SMILES string of the molecule is CCCCOc1ncc2nc(-c3ccc(F)cc3)ccc2n1. The summed E-state index contributed by atoms with van der Waals surface area (Å²) in [6.45, 7) is 2.72. The third-order valence-corrected chi connectivity index (χ3v) is 3.28. The summed E-state index contributed by atoms with van der Waals surface area (Å²) in [6.07, 6.45) is 3.69. The summed E-state index contributed by atoms with van der Waals surface area (Å²) in [4.78, 5) is 13.0. The van der Waals surface area contributed by atoms with Gasteiger partial charge < -0.3 is 4.74 Å². The van der Waals surface area contributed by atoms with Crippen LogP contribution in [0.1, 0.15) is 19.8 Å². The largest absolute Gasteiger partial charge is 0.463 e. The highest BCUT2D eigenvalue weighted by Crippen LogP contribution is 2.21. The molecule has 1 aromatic carbocycles. The average Bonchev–Trinajstić information content (AvgIpc) is 2.55. The molecule has 2 heterocycles. The molecule has 112 valence electrons. The number of aromatic nitrogens is 3. The van der Waals surface area contributed by atoms with Gasteiger partial charge in [-0.1, -0.05) is 13.3 Å². The van der Waals surface area contributed by atoms with Gasteiger partial charge >= 0.3 is 6.01 Å². The van der Waals surface area contributed by atoms with Crippen molar-refractivity contribution in [2.45, 2.75) is 19.8 Å². The Bertz CT molecular complexity index is 774. The molecule has 4 nitrogen and oxygen atoms in total. The predicted molar refractivity (Wildman–Crippen MR) is 83.1 cm³/mol. The minimum absolute atomic E-state index is 0.262. The molecule has 0 fully saturated rings. The van der Waals surface area contributed by atoms with E-state index in [1.54, 1.807) is 18.3 Å². The van der Waals surface area contributed by atoms with Gasteiger partial charge in [0.2, 0.25) is 0 Å². The van der Waals surface area contributed by atoms with Crippen molar-refractivity contribution in [1.29, 1.82) is 0 Å². The fourth-order valence-corrected chi connectivity index (χ4v) is 2.06. The van der Waals surface area contributed by atoms with Crippen LogP contribution in [0.2, 0.25) is 0 Å². The molecule has 2 aromatic heterocycles. The molecule has 0 bridgehead atoms. The second-order valence-corrected chi connectivity index (χ2v) is 4.96. The zero-order valence-corrected chi connectivity index (χ0v) is 12.3. The fraction of sp³-hybridized carbons (Fsp3) is 0.235. The number of halogens is 1. The van der Waals surface area contributed by atoms with Crippen molar-refractivity contribution in [3.05, 3.63) is 48.4 Å². The second-order valence-electron chi connectivity index (χ2n) is 4.96. The lowest BCUT2D eigenvalue weighted by Crippen LogP contribution is -2.01. The molecule has 22 heavy (non-hydrogen) atoms. The van der Waals surface area contributed by atoms with Gasteiger partial charge in [-0.15, -0.1) is 0 Å². The van der Waals surface area contributed by atoms with Crippen LogP contribution in [-0.2, 0) is 0 Å². The maximum Gasteiger partial charge on any atom is 0.317 e. The van der Waals surface area contributed by atoms with E-state index in [0.29, 0.717) is 18.1 Å². The minimum atomic E-state index is -0.262. The summed E-state index contributed by atoms with van der Waals surface area (Å²) in [6, 6.07) is 10.3. The highest BCUT2D eigenvalue weighted by atomic mass is 19.1. The Morgan fingerprint density at radius 1 is 1.00 bits per heavy atom. The van der Waals surface area contributed by atoms with Crippen LogP contribution in [0.15, 0.2) is 42.6 Å². The Labute approximate surface area is 128 Å². The van der Waals surface area contributed by atoms with E-state index in [9.17, 15) is 4.39 Å². The summed E-state index contributed by atoms with van der Waals surface area (Å²) in [5.74, 6) is -0.262. The van der Waals surface area contributed by atoms with Crippen LogP contribution in [-0.4, -0.2) is 21.6 Å². The quantitative estimate of drug-likeness (QED) is 0.668. The van der Waals surface area contributed by atoms with Gasteiger partial charge in [0.15, 0.2) is 0 Å². The Morgan fingerprint density at radius 3 is 2.59 bits per heavy atom. The van der Waals surface area contributed by atoms with Crippen molar-refractivity contribution in [2.75, 3.05) is 6.61 Å². The Hall–Kier alpha value is -2.56. The second kappa shape index (κ2) is 6.47. The molecule has 0 saturated carbocycles. The molecule has 0 amide bonds. The summed E-state index contributed by atoms with van der Waals surface area (Å²) in [5, 5.41) is 0. The van der Waals surface area contributed by atoms with Gasteiger partial charge in [0.05, 0.1) is 24.0 Å². The first-order chi connectivity index (χ1) is 10.8. The first-order valence-electron chi connectivity index (χ1n) is 7.29. The van der Waals surface area contributed by atoms with Crippen LogP contribution in [0.5, 0.6) is 6.01 Å². The number of hydrogen-bond acceptors (Lipinski definition) is 4. The van der Waals surface area contributed by atoms with Gasteiger partial charge in [0.1, 0.15) is 11.3 Å². The zero-order valence-electron chi connectivity index (χ0n) is 12.3. The number of unbranched alkanes of at least 4 members (excludes halogenated alkanes) is 1. The van der Waals surface area contributed by atoms with E-state index in [-0.39, 0.29) is 5.82 Å². The van der Waals surface area contributed by atoms with Crippen LogP contribution >= 0.6 is 0 Å². The first kappa shape index (κ1) is 14.4. The molecule has 0 aliphatic heterocycles. The van der Waals surface area contributed by atoms with Crippen molar-refractivity contribution in [3.8, 4) is 17.3 Å². The summed E-state index contributed by atoms with van der Waals surface area (Å²) >= 11 is 0. The summed E-state index contributed by atoms with van der Waals surface area (Å²) in [7, 11) is 0. The van der Waals surface area contributed by atoms with Crippen LogP contribution in [0.4, 0.5) is 4.39 Å². The lowest BCUT2D eigenvalue weighted by Gasteiger charge is -2.05. The third kappa shape index (κ3) is 3.19. The van der Waals surface area contributed by atoms with Crippen LogP contribution in [0.3, 0.4) is 0 Å². The molecular weight excluding hydrogens is 281 g/mol. The highest BCUT2D eigenvalue weighted by Gasteiger charge is 2.05. The zero-order chi connectivity index (χ0) is 15.4. The van der Waals surface area contributed by atoms with Gasteiger partial charge in [-0.3, -0.25) is 0 Å². The third-order valence-electron chi connectivity index (χ3n) is 3.28. The lowest BCUT2D eigenvalue weighted by molar-refractivity contribution is 0.286. The van der Waals surface area contributed by atoms with Crippen LogP contribution < -0.4 is 4.74 Å². The molecule has 0 aliphatic rings. The molecule has 0 unspecified atom stereocenters. The minimum Gasteiger partial charge on any atom is -0.463 e. The first-order valence-corrected chi connectivity index (χ1v) is 7.29. The van der Waals surface area contributed by atoms with Gasteiger partial charge in [0.25, 0.3) is 0 Å². The average molecular weight is 297 g/mol. The Morgan fingerprint density at radius 2 is 1.82 bits per heavy atom. The van der Waals surface area contributed by atoms with Crippen molar-refractivity contribution < 1.29 is 9.13 Å². The van der Waals surface area contributed by atoms with Gasteiger partial charge in [-0.2, -0.15) is 4.98 Å². The number of rotatable bonds is 5. The van der Waals surface area contributed by atoms with E-state index in [2.05, 4.69) is 21.9 Å². The van der Waals surface area contributed by atoms with E-state index >= 15 is 0 Å². The molecule has 0 spiro atoms. The van der Waals surface area contributed by atoms with E-state index in [0.717, 1.165) is 29.6 Å². The normalized spacial score (nSPS) is 10.8. The summed E-state index contributed by atoms with van der Waals surface area (Å²) < 4.78 is 18.5. The molecule has 3 rings (SSSR count). The molecule has 0 aliphatic carbocycles. The number of pyridine rings is 1. The fourth-order valence-electron chi connectivity index (χ4n) is 2.06. The molecule has 5 heteroatoms. The number of nitrogens with zero attached hydrogens (tertiary/aromatic N) is 3. The van der Waals surface area contributed by atoms with Gasteiger partial charge in [-0.25, -0.2) is 14.4 Å². The number of ether oxygens (including phenoxy) is 1. The van der Waals surface area contributed by atoms with Gasteiger partial charge in [-0.05, 0) is 42.8 Å². The van der Waals surface area contributed by atoms with E-state index < -0.39 is 0 Å². The van der Waals surface area contributed by atoms with E-state index in [1.807, 2.05) is 12.1 Å². The Balaban J connectivity index is 1.87. The van der Waals surface area contributed by atoms with E-state index in [1.165, 1.54) is 12.1 Å². The molecular formula is C17H16FN3O. The standard InChI is InChI=1S/C17H16FN3O/c1-2-3-10-22-17-19-11-16-15(21-17)9-8-14(20-16)12-4-6-13(18)7-5-12/h4-9,11H,2-3,10H2,1H3. The smallest absolute Gasteiger partial charge is 0.317 e. The lowest BCUT2D eigenvalue weighted by atomic mass is 10.1.